The summed E-state index contributed by atoms with van der Waals surface area (Å²) >= 11 is 0. The third-order valence-electron chi connectivity index (χ3n) is 4.88. The van der Waals surface area contributed by atoms with Crippen molar-refractivity contribution in [2.24, 2.45) is 5.92 Å². The molecule has 7 heteroatoms. The van der Waals surface area contributed by atoms with Gasteiger partial charge in [-0.15, -0.1) is 0 Å². The first-order valence-corrected chi connectivity index (χ1v) is 9.76. The molecule has 0 aliphatic rings. The van der Waals surface area contributed by atoms with Crippen LogP contribution in [-0.2, 0) is 0 Å². The van der Waals surface area contributed by atoms with Crippen molar-refractivity contribution in [3.8, 4) is 17.2 Å². The summed E-state index contributed by atoms with van der Waals surface area (Å²) in [5.41, 5.74) is 8.72. The van der Waals surface area contributed by atoms with Crippen molar-refractivity contribution >= 4 is 22.5 Å². The molecule has 7 nitrogen and oxygen atoms in total. The number of carbonyl (C=O) groups excluding carboxylic acids is 1. The number of methoxy groups -OCH3 is 1. The zero-order chi connectivity index (χ0) is 21.8. The van der Waals surface area contributed by atoms with Gasteiger partial charge in [-0.1, -0.05) is 19.9 Å². The molecule has 0 unspecified atom stereocenters. The Hall–Kier alpha value is -3.48. The summed E-state index contributed by atoms with van der Waals surface area (Å²) in [5, 5.41) is 13.5. The molecule has 3 aromatic rings. The second-order valence-electron chi connectivity index (χ2n) is 7.56. The number of hydrogen-bond acceptors (Lipinski definition) is 6. The topological polar surface area (TPSA) is 107 Å². The molecule has 1 atom stereocenters. The van der Waals surface area contributed by atoms with E-state index in [0.717, 1.165) is 16.6 Å². The molecule has 0 spiro atoms. The number of hydrogen-bond donors (Lipinski definition) is 3. The van der Waals surface area contributed by atoms with Crippen molar-refractivity contribution < 1.29 is 19.4 Å². The molecule has 0 radical (unpaired) electrons. The average molecular weight is 409 g/mol. The fourth-order valence-corrected chi connectivity index (χ4v) is 3.21. The number of anilines is 1. The maximum Gasteiger partial charge on any atom is 0.251 e. The van der Waals surface area contributed by atoms with Crippen LogP contribution < -0.4 is 20.5 Å². The van der Waals surface area contributed by atoms with Gasteiger partial charge in [0.25, 0.3) is 5.91 Å². The Morgan fingerprint density at radius 3 is 2.70 bits per heavy atom. The fourth-order valence-electron chi connectivity index (χ4n) is 3.21. The lowest BCUT2D eigenvalue weighted by Crippen LogP contribution is -2.42. The lowest BCUT2D eigenvalue weighted by Gasteiger charge is -2.23. The number of phenolic OH excluding ortho intramolecular Hbond substituents is 1. The number of nitrogens with zero attached hydrogens (tertiary/aromatic N) is 1. The Morgan fingerprint density at radius 1 is 1.23 bits per heavy atom. The number of rotatable bonds is 7. The molecule has 158 valence electrons. The minimum absolute atomic E-state index is 0.0362. The van der Waals surface area contributed by atoms with E-state index in [9.17, 15) is 9.90 Å². The number of carbonyl (C=O) groups is 1. The first-order valence-electron chi connectivity index (χ1n) is 9.76. The number of nitrogens with one attached hydrogen (secondary N) is 1. The summed E-state index contributed by atoms with van der Waals surface area (Å²) in [4.78, 5) is 17.2. The van der Waals surface area contributed by atoms with Crippen LogP contribution in [0.2, 0.25) is 0 Å². The van der Waals surface area contributed by atoms with E-state index in [4.69, 9.17) is 15.2 Å². The van der Waals surface area contributed by atoms with E-state index < -0.39 is 0 Å². The van der Waals surface area contributed by atoms with Crippen LogP contribution in [0.5, 0.6) is 17.2 Å². The van der Waals surface area contributed by atoms with Gasteiger partial charge in [-0.3, -0.25) is 9.78 Å². The number of amides is 1. The van der Waals surface area contributed by atoms with Crippen molar-refractivity contribution in [1.82, 2.24) is 10.3 Å². The number of phenols is 1. The molecule has 4 N–H and O–H groups in total. The highest BCUT2D eigenvalue weighted by Gasteiger charge is 2.20. The van der Waals surface area contributed by atoms with Crippen LogP contribution in [0.25, 0.3) is 10.9 Å². The largest absolute Gasteiger partial charge is 0.508 e. The van der Waals surface area contributed by atoms with Gasteiger partial charge < -0.3 is 25.6 Å². The van der Waals surface area contributed by atoms with Crippen LogP contribution in [0.4, 0.5) is 5.69 Å². The van der Waals surface area contributed by atoms with Crippen LogP contribution in [0.1, 0.15) is 29.9 Å². The van der Waals surface area contributed by atoms with E-state index in [-0.39, 0.29) is 30.2 Å². The molecule has 0 saturated carbocycles. The van der Waals surface area contributed by atoms with E-state index in [1.807, 2.05) is 45.0 Å². The number of fused-ring (bicyclic) bond motifs is 1. The number of benzene rings is 2. The molecule has 0 saturated heterocycles. The number of nitrogen functional groups attached to an aromatic ring is 1. The lowest BCUT2D eigenvalue weighted by molar-refractivity contribution is 0.0904. The molecule has 1 heterocycles. The Balaban J connectivity index is 1.78. The number of aryl methyl sites for hydroxylation is 1. The van der Waals surface area contributed by atoms with Gasteiger partial charge in [0.05, 0.1) is 24.1 Å². The van der Waals surface area contributed by atoms with E-state index in [2.05, 4.69) is 10.3 Å². The minimum atomic E-state index is -0.318. The highest BCUT2D eigenvalue weighted by molar-refractivity contribution is 5.96. The van der Waals surface area contributed by atoms with Crippen molar-refractivity contribution in [1.29, 1.82) is 0 Å². The maximum atomic E-state index is 12.7. The maximum absolute atomic E-state index is 12.7. The highest BCUT2D eigenvalue weighted by Crippen LogP contribution is 2.30. The summed E-state index contributed by atoms with van der Waals surface area (Å²) in [7, 11) is 1.48. The Kier molecular flexibility index (Phi) is 6.30. The molecule has 0 aliphatic heterocycles. The molecule has 30 heavy (non-hydrogen) atoms. The van der Waals surface area contributed by atoms with E-state index in [0.29, 0.717) is 22.7 Å². The molecular weight excluding hydrogens is 382 g/mol. The van der Waals surface area contributed by atoms with Crippen molar-refractivity contribution in [2.75, 3.05) is 19.5 Å². The molecule has 1 amide bonds. The number of aromatic hydroxyl groups is 1. The Labute approximate surface area is 175 Å². The van der Waals surface area contributed by atoms with E-state index in [1.165, 1.54) is 19.2 Å². The zero-order valence-electron chi connectivity index (χ0n) is 17.6. The second-order valence-corrected chi connectivity index (χ2v) is 7.56. The van der Waals surface area contributed by atoms with E-state index in [1.54, 1.807) is 6.07 Å². The summed E-state index contributed by atoms with van der Waals surface area (Å²) in [6.45, 7) is 6.15. The molecule has 0 aliphatic carbocycles. The highest BCUT2D eigenvalue weighted by atomic mass is 16.5. The smallest absolute Gasteiger partial charge is 0.251 e. The molecule has 0 fully saturated rings. The van der Waals surface area contributed by atoms with Gasteiger partial charge in [0.1, 0.15) is 23.9 Å². The van der Waals surface area contributed by atoms with Gasteiger partial charge in [0.15, 0.2) is 0 Å². The van der Waals surface area contributed by atoms with Crippen LogP contribution in [0.15, 0.2) is 42.5 Å². The molecule has 0 bridgehead atoms. The standard InChI is InChI=1S/C23H27N3O4/c1-13(2)20(26-23(28)15-9-16(27)11-17(10-15)29-4)12-30-21-7-5-6-19-22(21)18(24)8-14(3)25-19/h5-11,13,20,27H,12H2,1-4H3,(H2,24,25)(H,26,28)/t20-/m1/s1. The number of pyridine rings is 1. The monoisotopic (exact) mass is 409 g/mol. The Morgan fingerprint density at radius 2 is 2.00 bits per heavy atom. The van der Waals surface area contributed by atoms with Gasteiger partial charge >= 0.3 is 0 Å². The molecule has 2 aromatic carbocycles. The Bertz CT molecular complexity index is 1070. The normalized spacial score (nSPS) is 12.0. The van der Waals surface area contributed by atoms with E-state index >= 15 is 0 Å². The summed E-state index contributed by atoms with van der Waals surface area (Å²) in [5.74, 6) is 0.788. The fraction of sp³-hybridized carbons (Fsp3) is 0.304. The molecule has 3 rings (SSSR count). The van der Waals surface area contributed by atoms with Gasteiger partial charge in [0, 0.05) is 23.0 Å². The summed E-state index contributed by atoms with van der Waals surface area (Å²) in [6, 6.07) is 11.6. The number of ether oxygens (including phenoxy) is 2. The van der Waals surface area contributed by atoms with Gasteiger partial charge in [-0.25, -0.2) is 0 Å². The number of aromatic nitrogens is 1. The number of nitrogens with two attached hydrogens (primary N) is 1. The first kappa shape index (κ1) is 21.2. The molecule has 1 aromatic heterocycles. The minimum Gasteiger partial charge on any atom is -0.508 e. The van der Waals surface area contributed by atoms with Crippen LogP contribution in [-0.4, -0.2) is 35.8 Å². The van der Waals surface area contributed by atoms with Crippen molar-refractivity contribution in [3.63, 3.8) is 0 Å². The van der Waals surface area contributed by atoms with Crippen LogP contribution in [0.3, 0.4) is 0 Å². The van der Waals surface area contributed by atoms with Gasteiger partial charge in [-0.2, -0.15) is 0 Å². The quantitative estimate of drug-likeness (QED) is 0.550. The third-order valence-corrected chi connectivity index (χ3v) is 4.88. The summed E-state index contributed by atoms with van der Waals surface area (Å²) in [6.07, 6.45) is 0. The van der Waals surface area contributed by atoms with Gasteiger partial charge in [0.2, 0.25) is 0 Å². The lowest BCUT2D eigenvalue weighted by atomic mass is 10.0. The van der Waals surface area contributed by atoms with Crippen molar-refractivity contribution in [3.05, 3.63) is 53.7 Å². The SMILES string of the molecule is COc1cc(O)cc(C(=O)N[C@H](COc2cccc3nc(C)cc(N)c23)C(C)C)c1. The second kappa shape index (κ2) is 8.90. The van der Waals surface area contributed by atoms with Crippen LogP contribution in [0, 0.1) is 12.8 Å². The van der Waals surface area contributed by atoms with Gasteiger partial charge in [-0.05, 0) is 43.2 Å². The predicted octanol–water partition coefficient (Wildman–Crippen LogP) is 3.67. The van der Waals surface area contributed by atoms with Crippen molar-refractivity contribution in [2.45, 2.75) is 26.8 Å². The average Bonchev–Trinajstić information content (AvgIpc) is 2.69. The summed E-state index contributed by atoms with van der Waals surface area (Å²) < 4.78 is 11.2. The predicted molar refractivity (Wildman–Crippen MR) is 117 cm³/mol. The first-order chi connectivity index (χ1) is 14.3. The molecular formula is C23H27N3O4. The third kappa shape index (κ3) is 4.74. The zero-order valence-corrected chi connectivity index (χ0v) is 17.6. The van der Waals surface area contributed by atoms with Crippen LogP contribution >= 0.6 is 0 Å².